The van der Waals surface area contributed by atoms with Gasteiger partial charge >= 0.3 is 6.16 Å². The quantitative estimate of drug-likeness (QED) is 0.192. The van der Waals surface area contributed by atoms with Crippen LogP contribution in [-0.2, 0) is 9.47 Å². The van der Waals surface area contributed by atoms with Crippen LogP contribution >= 0.6 is 0 Å². The molecule has 4 aromatic carbocycles. The second-order valence-corrected chi connectivity index (χ2v) is 6.54. The van der Waals surface area contributed by atoms with E-state index in [0.717, 1.165) is 21.5 Å². The molecule has 29 heavy (non-hydrogen) atoms. The second kappa shape index (κ2) is 7.59. The van der Waals surface area contributed by atoms with Crippen LogP contribution in [0.2, 0.25) is 0 Å². The van der Waals surface area contributed by atoms with Gasteiger partial charge in [-0.2, -0.15) is 0 Å². The van der Waals surface area contributed by atoms with Crippen molar-refractivity contribution in [2.24, 2.45) is 0 Å². The average molecular weight is 387 g/mol. The Bertz CT molecular complexity index is 1220. The zero-order valence-corrected chi connectivity index (χ0v) is 15.6. The van der Waals surface area contributed by atoms with Crippen LogP contribution in [0.15, 0.2) is 78.9 Å². The number of ether oxygens (including phenoxy) is 2. The monoisotopic (exact) mass is 387 g/mol. The Kier molecular flexibility index (Phi) is 4.83. The molecule has 0 heterocycles. The minimum atomic E-state index is -0.979. The van der Waals surface area contributed by atoms with Gasteiger partial charge in [0.1, 0.15) is 0 Å². The van der Waals surface area contributed by atoms with Crippen LogP contribution in [0, 0.1) is 10.1 Å². The van der Waals surface area contributed by atoms with Crippen molar-refractivity contribution < 1.29 is 19.2 Å². The van der Waals surface area contributed by atoms with Gasteiger partial charge in [-0.15, -0.1) is 0 Å². The van der Waals surface area contributed by atoms with Crippen molar-refractivity contribution in [1.82, 2.24) is 0 Å². The molecule has 0 amide bonds. The van der Waals surface area contributed by atoms with E-state index in [1.807, 2.05) is 42.5 Å². The molecular formula is C23H17NO5. The first-order valence-electron chi connectivity index (χ1n) is 8.98. The molecule has 0 fully saturated rings. The molecular weight excluding hydrogens is 370 g/mol. The molecule has 0 aliphatic rings. The zero-order valence-electron chi connectivity index (χ0n) is 15.6. The van der Waals surface area contributed by atoms with E-state index in [1.165, 1.54) is 13.2 Å². The first-order valence-corrected chi connectivity index (χ1v) is 8.98. The molecule has 0 bridgehead atoms. The Labute approximate surface area is 166 Å². The van der Waals surface area contributed by atoms with E-state index in [9.17, 15) is 14.9 Å². The number of hydrogen-bond acceptors (Lipinski definition) is 5. The van der Waals surface area contributed by atoms with Crippen LogP contribution in [0.3, 0.4) is 0 Å². The number of nitro benzene ring substituents is 1. The Morgan fingerprint density at radius 3 is 2.31 bits per heavy atom. The van der Waals surface area contributed by atoms with Crippen LogP contribution < -0.4 is 0 Å². The number of benzene rings is 4. The first-order chi connectivity index (χ1) is 14.1. The number of methoxy groups -OCH3 is 1. The van der Waals surface area contributed by atoms with E-state index in [1.54, 1.807) is 30.3 Å². The van der Waals surface area contributed by atoms with Crippen molar-refractivity contribution in [3.8, 4) is 0 Å². The molecule has 0 saturated heterocycles. The van der Waals surface area contributed by atoms with E-state index in [2.05, 4.69) is 4.74 Å². The minimum Gasteiger partial charge on any atom is -0.438 e. The summed E-state index contributed by atoms with van der Waals surface area (Å²) < 4.78 is 10.1. The summed E-state index contributed by atoms with van der Waals surface area (Å²) in [4.78, 5) is 23.3. The number of hydrogen-bond donors (Lipinski definition) is 0. The molecule has 6 nitrogen and oxygen atoms in total. The number of rotatable bonds is 4. The highest BCUT2D eigenvalue weighted by molar-refractivity contribution is 6.08. The molecule has 0 N–H and O–H groups in total. The highest BCUT2D eigenvalue weighted by Gasteiger charge is 2.28. The lowest BCUT2D eigenvalue weighted by atomic mass is 9.94. The molecule has 0 aliphatic heterocycles. The van der Waals surface area contributed by atoms with Crippen LogP contribution in [0.1, 0.15) is 17.2 Å². The normalized spacial score (nSPS) is 11.9. The summed E-state index contributed by atoms with van der Waals surface area (Å²) >= 11 is 0. The van der Waals surface area contributed by atoms with E-state index < -0.39 is 17.2 Å². The molecule has 0 aliphatic carbocycles. The largest absolute Gasteiger partial charge is 0.508 e. The van der Waals surface area contributed by atoms with Crippen molar-refractivity contribution in [3.05, 3.63) is 100 Å². The van der Waals surface area contributed by atoms with Crippen molar-refractivity contribution in [3.63, 3.8) is 0 Å². The fourth-order valence-corrected chi connectivity index (χ4v) is 3.51. The number of fused-ring (bicyclic) bond motifs is 3. The van der Waals surface area contributed by atoms with Gasteiger partial charge in [-0.25, -0.2) is 4.79 Å². The summed E-state index contributed by atoms with van der Waals surface area (Å²) in [5, 5.41) is 15.4. The van der Waals surface area contributed by atoms with Gasteiger partial charge in [-0.1, -0.05) is 66.7 Å². The van der Waals surface area contributed by atoms with Crippen LogP contribution in [-0.4, -0.2) is 18.2 Å². The van der Waals surface area contributed by atoms with E-state index in [0.29, 0.717) is 5.56 Å². The summed E-state index contributed by atoms with van der Waals surface area (Å²) in [5.74, 6) is 0. The molecule has 0 spiro atoms. The van der Waals surface area contributed by atoms with E-state index >= 15 is 0 Å². The summed E-state index contributed by atoms with van der Waals surface area (Å²) in [6.07, 6.45) is -1.89. The first kappa shape index (κ1) is 18.4. The standard InChI is InChI=1S/C23H17NO5/c1-28-23(25)29-22(16-8-3-2-4-9-16)20-14-19-17(13-21(20)24(26)27)12-11-15-7-5-6-10-18(15)19/h2-14,22H,1H3. The van der Waals surface area contributed by atoms with Gasteiger partial charge in [0.25, 0.3) is 5.69 Å². The average Bonchev–Trinajstić information content (AvgIpc) is 2.76. The highest BCUT2D eigenvalue weighted by Crippen LogP contribution is 2.38. The smallest absolute Gasteiger partial charge is 0.438 e. The zero-order chi connectivity index (χ0) is 20.4. The summed E-state index contributed by atoms with van der Waals surface area (Å²) in [6, 6.07) is 23.7. The highest BCUT2D eigenvalue weighted by atomic mass is 16.7. The van der Waals surface area contributed by atoms with E-state index in [4.69, 9.17) is 4.74 Å². The van der Waals surface area contributed by atoms with Gasteiger partial charge in [0, 0.05) is 6.07 Å². The lowest BCUT2D eigenvalue weighted by Crippen LogP contribution is -2.14. The van der Waals surface area contributed by atoms with Gasteiger partial charge in [-0.3, -0.25) is 10.1 Å². The lowest BCUT2D eigenvalue weighted by molar-refractivity contribution is -0.385. The molecule has 1 unspecified atom stereocenters. The molecule has 4 aromatic rings. The molecule has 6 heteroatoms. The third kappa shape index (κ3) is 3.48. The topological polar surface area (TPSA) is 78.7 Å². The SMILES string of the molecule is COC(=O)OC(c1ccccc1)c1cc2c(ccc3ccccc32)cc1[N+](=O)[O-]. The molecule has 4 rings (SSSR count). The lowest BCUT2D eigenvalue weighted by Gasteiger charge is -2.19. The molecule has 144 valence electrons. The van der Waals surface area contributed by atoms with Gasteiger partial charge in [0.15, 0.2) is 6.10 Å². The van der Waals surface area contributed by atoms with Gasteiger partial charge in [0.05, 0.1) is 17.6 Å². The number of nitro groups is 1. The number of carbonyl (C=O) groups excluding carboxylic acids is 1. The summed E-state index contributed by atoms with van der Waals surface area (Å²) in [5.41, 5.74) is 0.779. The Hall–Kier alpha value is -3.93. The molecule has 1 atom stereocenters. The Balaban J connectivity index is 2.01. The minimum absolute atomic E-state index is 0.120. The maximum Gasteiger partial charge on any atom is 0.508 e. The van der Waals surface area contributed by atoms with Crippen molar-refractivity contribution in [2.75, 3.05) is 7.11 Å². The predicted molar refractivity (Wildman–Crippen MR) is 110 cm³/mol. The fourth-order valence-electron chi connectivity index (χ4n) is 3.51. The predicted octanol–water partition coefficient (Wildman–Crippen LogP) is 5.77. The molecule has 0 saturated carbocycles. The van der Waals surface area contributed by atoms with Crippen molar-refractivity contribution in [2.45, 2.75) is 6.10 Å². The van der Waals surface area contributed by atoms with Crippen molar-refractivity contribution >= 4 is 33.4 Å². The third-order valence-corrected chi connectivity index (χ3v) is 4.85. The molecule has 0 radical (unpaired) electrons. The van der Waals surface area contributed by atoms with Gasteiger partial charge < -0.3 is 9.47 Å². The summed E-state index contributed by atoms with van der Waals surface area (Å²) in [6.45, 7) is 0. The van der Waals surface area contributed by atoms with Crippen LogP contribution in [0.4, 0.5) is 10.5 Å². The maximum absolute atomic E-state index is 11.9. The Morgan fingerprint density at radius 1 is 0.897 bits per heavy atom. The van der Waals surface area contributed by atoms with E-state index in [-0.39, 0.29) is 11.3 Å². The van der Waals surface area contributed by atoms with Crippen molar-refractivity contribution in [1.29, 1.82) is 0 Å². The molecule has 0 aromatic heterocycles. The Morgan fingerprint density at radius 2 is 1.59 bits per heavy atom. The van der Waals surface area contributed by atoms with Crippen LogP contribution in [0.5, 0.6) is 0 Å². The number of nitrogens with zero attached hydrogens (tertiary/aromatic N) is 1. The van der Waals surface area contributed by atoms with Crippen LogP contribution in [0.25, 0.3) is 21.5 Å². The summed E-state index contributed by atoms with van der Waals surface area (Å²) in [7, 11) is 1.20. The fraction of sp³-hybridized carbons (Fsp3) is 0.0870. The third-order valence-electron chi connectivity index (χ3n) is 4.85. The van der Waals surface area contributed by atoms with Gasteiger partial charge in [0.2, 0.25) is 0 Å². The number of carbonyl (C=O) groups is 1. The second-order valence-electron chi connectivity index (χ2n) is 6.54. The van der Waals surface area contributed by atoms with Gasteiger partial charge in [-0.05, 0) is 33.2 Å². The maximum atomic E-state index is 11.9.